The molecular weight excluding hydrogens is 380 g/mol. The van der Waals surface area contributed by atoms with Gasteiger partial charge >= 0.3 is 0 Å². The van der Waals surface area contributed by atoms with Crippen molar-refractivity contribution in [1.29, 1.82) is 0 Å². The average Bonchev–Trinajstić information content (AvgIpc) is 3.17. The number of fused-ring (bicyclic) bond motifs is 2. The minimum absolute atomic E-state index is 0.00200. The molecule has 1 amide bonds. The first-order valence-corrected chi connectivity index (χ1v) is 12.0. The summed E-state index contributed by atoms with van der Waals surface area (Å²) in [5, 5.41) is 3.19. The molecule has 3 aliphatic carbocycles. The van der Waals surface area contributed by atoms with Crippen molar-refractivity contribution >= 4 is 11.6 Å². The lowest BCUT2D eigenvalue weighted by Gasteiger charge is -2.29. The Balaban J connectivity index is 0.00000132. The van der Waals surface area contributed by atoms with Crippen LogP contribution in [-0.4, -0.2) is 17.7 Å². The highest BCUT2D eigenvalue weighted by molar-refractivity contribution is 6.13. The van der Waals surface area contributed by atoms with E-state index in [4.69, 9.17) is 4.99 Å². The van der Waals surface area contributed by atoms with Gasteiger partial charge in [-0.25, -0.2) is 0 Å². The van der Waals surface area contributed by atoms with E-state index in [1.807, 2.05) is 32.1 Å². The topological polar surface area (TPSA) is 41.5 Å². The first-order valence-electron chi connectivity index (χ1n) is 12.0. The van der Waals surface area contributed by atoms with E-state index in [9.17, 15) is 4.79 Å². The first kappa shape index (κ1) is 23.0. The van der Waals surface area contributed by atoms with Gasteiger partial charge in [0, 0.05) is 11.4 Å². The average molecular weight is 417 g/mol. The Labute approximate surface area is 187 Å². The number of unbranched alkanes of at least 4 members (excludes halogenated alkanes) is 1. The molecule has 1 unspecified atom stereocenters. The normalized spacial score (nSPS) is 21.8. The van der Waals surface area contributed by atoms with Crippen LogP contribution in [0.4, 0.5) is 0 Å². The molecule has 0 saturated heterocycles. The third kappa shape index (κ3) is 5.72. The van der Waals surface area contributed by atoms with Gasteiger partial charge in [0.1, 0.15) is 0 Å². The highest BCUT2D eigenvalue weighted by Gasteiger charge is 2.32. The molecule has 4 aliphatic rings. The van der Waals surface area contributed by atoms with E-state index < -0.39 is 0 Å². The Morgan fingerprint density at radius 2 is 1.94 bits per heavy atom. The molecule has 4 rings (SSSR count). The van der Waals surface area contributed by atoms with E-state index in [-0.39, 0.29) is 11.9 Å². The summed E-state index contributed by atoms with van der Waals surface area (Å²) in [5.74, 6) is 0.00200. The number of hydrogen-bond acceptors (Lipinski definition) is 2. The van der Waals surface area contributed by atoms with Crippen LogP contribution in [0.3, 0.4) is 0 Å². The van der Waals surface area contributed by atoms with Crippen LogP contribution >= 0.6 is 0 Å². The van der Waals surface area contributed by atoms with Crippen molar-refractivity contribution < 1.29 is 4.79 Å². The number of carbonyl (C=O) groups is 1. The highest BCUT2D eigenvalue weighted by atomic mass is 16.1. The fourth-order valence-electron chi connectivity index (χ4n) is 4.37. The summed E-state index contributed by atoms with van der Waals surface area (Å²) in [7, 11) is 0. The lowest BCUT2D eigenvalue weighted by Crippen LogP contribution is -2.33. The fraction of sp³-hybridized carbons (Fsp3) is 0.429. The molecule has 0 radical (unpaired) electrons. The van der Waals surface area contributed by atoms with E-state index in [2.05, 4.69) is 48.7 Å². The quantitative estimate of drug-likeness (QED) is 0.524. The van der Waals surface area contributed by atoms with Crippen molar-refractivity contribution in [3.05, 3.63) is 82.7 Å². The zero-order chi connectivity index (χ0) is 22.1. The predicted molar refractivity (Wildman–Crippen MR) is 132 cm³/mol. The summed E-state index contributed by atoms with van der Waals surface area (Å²) in [6.45, 7) is 6.21. The molecule has 1 saturated carbocycles. The number of carbonyl (C=O) groups excluding carboxylic acids is 1. The van der Waals surface area contributed by atoms with Gasteiger partial charge in [-0.3, -0.25) is 9.79 Å². The van der Waals surface area contributed by atoms with Gasteiger partial charge in [0.15, 0.2) is 0 Å². The molecule has 1 heterocycles. The van der Waals surface area contributed by atoms with Crippen molar-refractivity contribution in [3.63, 3.8) is 0 Å². The van der Waals surface area contributed by atoms with Gasteiger partial charge < -0.3 is 5.32 Å². The highest BCUT2D eigenvalue weighted by Crippen LogP contribution is 2.35. The maximum Gasteiger partial charge on any atom is 0.256 e. The molecule has 0 spiro atoms. The van der Waals surface area contributed by atoms with Crippen molar-refractivity contribution in [2.75, 3.05) is 0 Å². The molecule has 1 aliphatic heterocycles. The summed E-state index contributed by atoms with van der Waals surface area (Å²) in [6.07, 6.45) is 27.3. The van der Waals surface area contributed by atoms with E-state index in [0.29, 0.717) is 0 Å². The largest absolute Gasteiger partial charge is 0.322 e. The van der Waals surface area contributed by atoms with Crippen LogP contribution < -0.4 is 5.32 Å². The predicted octanol–water partition coefficient (Wildman–Crippen LogP) is 6.84. The molecule has 3 nitrogen and oxygen atoms in total. The van der Waals surface area contributed by atoms with Crippen LogP contribution in [0.5, 0.6) is 0 Å². The Morgan fingerprint density at radius 1 is 1.10 bits per heavy atom. The molecule has 3 heteroatoms. The third-order valence-corrected chi connectivity index (χ3v) is 5.93. The standard InChI is InChI=1S/C26H30N2O.C2H6/c1-2-3-10-19-11-9-12-20(18-17-19)27-26(29)25-21-13-5-4-6-15-23(21)28-24-16-8-7-14-22(24)25;1-2/h4-6,11-13,15,17-18,23H,2-3,7-10,14,16H2,1H3,(H,27,29);1-2H3. The van der Waals surface area contributed by atoms with E-state index >= 15 is 0 Å². The second-order valence-corrected chi connectivity index (χ2v) is 8.04. The number of allylic oxidation sites excluding steroid dienone is 10. The lowest BCUT2D eigenvalue weighted by molar-refractivity contribution is -0.116. The molecule has 164 valence electrons. The Bertz CT molecular complexity index is 919. The minimum Gasteiger partial charge on any atom is -0.322 e. The molecule has 0 bridgehead atoms. The minimum atomic E-state index is -0.0523. The Morgan fingerprint density at radius 3 is 2.77 bits per heavy atom. The van der Waals surface area contributed by atoms with Gasteiger partial charge in [-0.05, 0) is 62.2 Å². The first-order chi connectivity index (χ1) is 15.3. The molecule has 1 atom stereocenters. The monoisotopic (exact) mass is 416 g/mol. The molecule has 0 aromatic carbocycles. The molecular formula is C28H36N2O. The number of rotatable bonds is 5. The second-order valence-electron chi connectivity index (χ2n) is 8.04. The smallest absolute Gasteiger partial charge is 0.256 e. The van der Waals surface area contributed by atoms with Gasteiger partial charge in [-0.15, -0.1) is 0 Å². The maximum atomic E-state index is 13.4. The molecule has 0 aromatic heterocycles. The summed E-state index contributed by atoms with van der Waals surface area (Å²) < 4.78 is 0. The zero-order valence-electron chi connectivity index (χ0n) is 19.3. The fourth-order valence-corrected chi connectivity index (χ4v) is 4.37. The van der Waals surface area contributed by atoms with Gasteiger partial charge in [0.2, 0.25) is 0 Å². The maximum absolute atomic E-state index is 13.4. The van der Waals surface area contributed by atoms with E-state index in [0.717, 1.165) is 66.7 Å². The van der Waals surface area contributed by atoms with Crippen LogP contribution in [0.1, 0.15) is 72.1 Å². The Hall–Kier alpha value is -2.68. The number of dihydropyridines is 1. The van der Waals surface area contributed by atoms with Gasteiger partial charge in [-0.2, -0.15) is 0 Å². The van der Waals surface area contributed by atoms with Crippen LogP contribution in [0.15, 0.2) is 87.7 Å². The van der Waals surface area contributed by atoms with Gasteiger partial charge in [0.25, 0.3) is 5.91 Å². The van der Waals surface area contributed by atoms with Gasteiger partial charge in [-0.1, -0.05) is 81.4 Å². The number of nitrogens with one attached hydrogen (secondary N) is 1. The summed E-state index contributed by atoms with van der Waals surface area (Å²) >= 11 is 0. The third-order valence-electron chi connectivity index (χ3n) is 5.93. The zero-order valence-corrected chi connectivity index (χ0v) is 19.3. The second kappa shape index (κ2) is 11.6. The summed E-state index contributed by atoms with van der Waals surface area (Å²) in [5.41, 5.74) is 6.39. The van der Waals surface area contributed by atoms with Gasteiger partial charge in [0.05, 0.1) is 11.6 Å². The lowest BCUT2D eigenvalue weighted by atomic mass is 9.81. The number of nitrogens with zero attached hydrogens (tertiary/aromatic N) is 1. The van der Waals surface area contributed by atoms with E-state index in [1.165, 1.54) is 18.4 Å². The number of aliphatic imine (C=N–C) groups is 1. The van der Waals surface area contributed by atoms with Crippen LogP contribution in [-0.2, 0) is 4.79 Å². The molecule has 1 N–H and O–H groups in total. The van der Waals surface area contributed by atoms with Crippen molar-refractivity contribution in [2.45, 2.75) is 78.2 Å². The summed E-state index contributed by atoms with van der Waals surface area (Å²) in [4.78, 5) is 18.4. The van der Waals surface area contributed by atoms with Crippen LogP contribution in [0, 0.1) is 0 Å². The molecule has 1 fully saturated rings. The number of amides is 1. The van der Waals surface area contributed by atoms with Crippen molar-refractivity contribution in [3.8, 4) is 0 Å². The SMILES string of the molecule is CC.CCCCC1=CCC=C(NC(=O)C2=C3CCCCC3=NC3C=CC=CC=C23)C=C1. The van der Waals surface area contributed by atoms with Crippen LogP contribution in [0.2, 0.25) is 0 Å². The number of hydrogen-bond donors (Lipinski definition) is 1. The Kier molecular flexibility index (Phi) is 8.63. The molecule has 0 aromatic rings. The van der Waals surface area contributed by atoms with Crippen molar-refractivity contribution in [2.24, 2.45) is 4.99 Å². The van der Waals surface area contributed by atoms with E-state index in [1.54, 1.807) is 0 Å². The van der Waals surface area contributed by atoms with Crippen LogP contribution in [0.25, 0.3) is 0 Å². The molecule has 31 heavy (non-hydrogen) atoms. The van der Waals surface area contributed by atoms with Crippen molar-refractivity contribution in [1.82, 2.24) is 5.32 Å². The summed E-state index contributed by atoms with van der Waals surface area (Å²) in [6, 6.07) is -0.0523.